The third-order valence-corrected chi connectivity index (χ3v) is 8.23. The molecule has 10 heteroatoms. The summed E-state index contributed by atoms with van der Waals surface area (Å²) >= 11 is 0. The van der Waals surface area contributed by atoms with Crippen LogP contribution in [0.1, 0.15) is 51.4 Å². The lowest BCUT2D eigenvalue weighted by Crippen LogP contribution is -2.44. The van der Waals surface area contributed by atoms with Gasteiger partial charge in [-0.1, -0.05) is 25.3 Å². The molecule has 1 aliphatic carbocycles. The minimum Gasteiger partial charge on any atom is -0.326 e. The van der Waals surface area contributed by atoms with E-state index in [1.807, 2.05) is 0 Å². The Labute approximate surface area is 182 Å². The van der Waals surface area contributed by atoms with Crippen LogP contribution in [-0.4, -0.2) is 60.6 Å². The highest BCUT2D eigenvalue weighted by atomic mass is 32.2. The molecule has 3 aliphatic rings. The average molecular weight is 449 g/mol. The Balaban J connectivity index is 1.36. The molecule has 1 saturated carbocycles. The summed E-state index contributed by atoms with van der Waals surface area (Å²) in [5.74, 6) is -0.641. The molecule has 2 saturated heterocycles. The first-order chi connectivity index (χ1) is 14.8. The molecule has 0 unspecified atom stereocenters. The van der Waals surface area contributed by atoms with Crippen LogP contribution in [0.2, 0.25) is 0 Å². The van der Waals surface area contributed by atoms with Crippen LogP contribution in [0.4, 0.5) is 10.5 Å². The highest BCUT2D eigenvalue weighted by molar-refractivity contribution is 7.89. The molecule has 2 aliphatic heterocycles. The molecule has 0 radical (unpaired) electrons. The van der Waals surface area contributed by atoms with Gasteiger partial charge in [0.1, 0.15) is 5.54 Å². The fraction of sp³-hybridized carbons (Fsp3) is 0.571. The number of nitrogens with one attached hydrogen (secondary N) is 2. The number of anilines is 1. The number of hydrogen-bond acceptors (Lipinski definition) is 5. The maximum Gasteiger partial charge on any atom is 0.325 e. The van der Waals surface area contributed by atoms with E-state index in [4.69, 9.17) is 0 Å². The molecule has 0 atom stereocenters. The van der Waals surface area contributed by atoms with Crippen LogP contribution in [-0.2, 0) is 19.6 Å². The van der Waals surface area contributed by atoms with Crippen molar-refractivity contribution in [3.8, 4) is 0 Å². The van der Waals surface area contributed by atoms with E-state index in [0.29, 0.717) is 31.6 Å². The quantitative estimate of drug-likeness (QED) is 0.646. The van der Waals surface area contributed by atoms with Crippen LogP contribution in [0.5, 0.6) is 0 Å². The van der Waals surface area contributed by atoms with E-state index >= 15 is 0 Å². The van der Waals surface area contributed by atoms with Crippen LogP contribution in [0, 0.1) is 0 Å². The van der Waals surface area contributed by atoms with Crippen molar-refractivity contribution in [2.45, 2.75) is 61.8 Å². The van der Waals surface area contributed by atoms with Gasteiger partial charge in [-0.3, -0.25) is 14.5 Å². The van der Waals surface area contributed by atoms with Crippen molar-refractivity contribution in [3.05, 3.63) is 24.3 Å². The largest absolute Gasteiger partial charge is 0.326 e. The van der Waals surface area contributed by atoms with E-state index in [0.717, 1.165) is 37.0 Å². The van der Waals surface area contributed by atoms with Crippen LogP contribution >= 0.6 is 0 Å². The van der Waals surface area contributed by atoms with E-state index in [1.54, 1.807) is 12.1 Å². The van der Waals surface area contributed by atoms with Gasteiger partial charge in [0.05, 0.1) is 4.90 Å². The Morgan fingerprint density at radius 2 is 1.77 bits per heavy atom. The zero-order chi connectivity index (χ0) is 22.1. The second-order valence-corrected chi connectivity index (χ2v) is 10.4. The highest BCUT2D eigenvalue weighted by Crippen LogP contribution is 2.35. The van der Waals surface area contributed by atoms with E-state index in [9.17, 15) is 22.8 Å². The summed E-state index contributed by atoms with van der Waals surface area (Å²) in [5, 5.41) is 5.47. The number of hydrogen-bond donors (Lipinski definition) is 2. The van der Waals surface area contributed by atoms with E-state index in [2.05, 4.69) is 10.6 Å². The first kappa shape index (κ1) is 21.8. The van der Waals surface area contributed by atoms with Gasteiger partial charge in [0, 0.05) is 31.7 Å². The smallest absolute Gasteiger partial charge is 0.325 e. The number of urea groups is 1. The Morgan fingerprint density at radius 3 is 2.48 bits per heavy atom. The molecular formula is C21H28N4O5S. The molecule has 168 valence electrons. The van der Waals surface area contributed by atoms with Crippen LogP contribution < -0.4 is 10.6 Å². The lowest BCUT2D eigenvalue weighted by molar-refractivity contribution is -0.131. The molecule has 1 aromatic rings. The molecule has 31 heavy (non-hydrogen) atoms. The Kier molecular flexibility index (Phi) is 6.02. The van der Waals surface area contributed by atoms with Crippen molar-refractivity contribution in [3.63, 3.8) is 0 Å². The Bertz CT molecular complexity index is 981. The van der Waals surface area contributed by atoms with Gasteiger partial charge >= 0.3 is 6.03 Å². The first-order valence-electron chi connectivity index (χ1n) is 10.9. The topological polar surface area (TPSA) is 116 Å². The molecule has 4 amide bonds. The molecule has 9 nitrogen and oxygen atoms in total. The highest BCUT2D eigenvalue weighted by Gasteiger charge is 2.52. The van der Waals surface area contributed by atoms with Gasteiger partial charge in [0.25, 0.3) is 5.91 Å². The lowest BCUT2D eigenvalue weighted by Gasteiger charge is -2.26. The monoisotopic (exact) mass is 448 g/mol. The Hall–Kier alpha value is -2.46. The van der Waals surface area contributed by atoms with Crippen molar-refractivity contribution < 1.29 is 22.8 Å². The molecule has 0 aromatic heterocycles. The summed E-state index contributed by atoms with van der Waals surface area (Å²) in [7, 11) is -3.60. The van der Waals surface area contributed by atoms with E-state index in [1.165, 1.54) is 16.4 Å². The van der Waals surface area contributed by atoms with Gasteiger partial charge in [-0.2, -0.15) is 4.31 Å². The second-order valence-electron chi connectivity index (χ2n) is 8.47. The predicted octanol–water partition coefficient (Wildman–Crippen LogP) is 2.05. The van der Waals surface area contributed by atoms with Gasteiger partial charge in [-0.25, -0.2) is 13.2 Å². The number of carbonyl (C=O) groups is 3. The third-order valence-electron chi connectivity index (χ3n) is 6.34. The van der Waals surface area contributed by atoms with Crippen molar-refractivity contribution in [2.75, 3.05) is 25.0 Å². The first-order valence-corrected chi connectivity index (χ1v) is 12.3. The molecule has 1 spiro atoms. The van der Waals surface area contributed by atoms with Gasteiger partial charge in [-0.15, -0.1) is 0 Å². The molecular weight excluding hydrogens is 420 g/mol. The van der Waals surface area contributed by atoms with Crippen molar-refractivity contribution >= 4 is 33.6 Å². The Morgan fingerprint density at radius 1 is 1.06 bits per heavy atom. The lowest BCUT2D eigenvalue weighted by atomic mass is 9.98. The zero-order valence-electron chi connectivity index (χ0n) is 17.4. The van der Waals surface area contributed by atoms with Crippen LogP contribution in [0.15, 0.2) is 29.2 Å². The number of sulfonamides is 1. The minimum absolute atomic E-state index is 0.00990. The molecule has 2 N–H and O–H groups in total. The summed E-state index contributed by atoms with van der Waals surface area (Å²) in [4.78, 5) is 38.5. The molecule has 1 aromatic carbocycles. The average Bonchev–Trinajstić information content (AvgIpc) is 3.32. The van der Waals surface area contributed by atoms with Gasteiger partial charge < -0.3 is 10.6 Å². The minimum atomic E-state index is -3.60. The third kappa shape index (κ3) is 4.31. The summed E-state index contributed by atoms with van der Waals surface area (Å²) in [6.45, 7) is 1.00. The molecule has 3 fully saturated rings. The number of rotatable bonds is 6. The molecule has 2 heterocycles. The summed E-state index contributed by atoms with van der Waals surface area (Å²) in [6.07, 6.45) is 5.74. The zero-order valence-corrected chi connectivity index (χ0v) is 18.2. The predicted molar refractivity (Wildman–Crippen MR) is 114 cm³/mol. The number of nitrogens with zero attached hydrogens (tertiary/aromatic N) is 2. The SMILES string of the molecule is O=C(CCN1C(=O)NC2(CCCC2)C1=O)Nc1cccc(S(=O)(=O)N2CCCCC2)c1. The van der Waals surface area contributed by atoms with Gasteiger partial charge in [-0.05, 0) is 43.9 Å². The summed E-state index contributed by atoms with van der Waals surface area (Å²) in [5.41, 5.74) is -0.419. The van der Waals surface area contributed by atoms with Crippen LogP contribution in [0.25, 0.3) is 0 Å². The van der Waals surface area contributed by atoms with Crippen molar-refractivity contribution in [1.29, 1.82) is 0 Å². The normalized spacial score (nSPS) is 21.5. The summed E-state index contributed by atoms with van der Waals surface area (Å²) in [6, 6.07) is 5.73. The maximum absolute atomic E-state index is 12.8. The number of benzene rings is 1. The standard InChI is InChI=1S/C21H28N4O5S/c26-18(9-14-25-19(27)21(23-20(25)28)10-2-3-11-21)22-16-7-6-8-17(15-16)31(29,30)24-12-4-1-5-13-24/h6-8,15H,1-5,9-14H2,(H,22,26)(H,23,28). The fourth-order valence-electron chi connectivity index (χ4n) is 4.62. The number of amides is 4. The van der Waals surface area contributed by atoms with Gasteiger partial charge in [0.15, 0.2) is 0 Å². The maximum atomic E-state index is 12.8. The number of piperidine rings is 1. The molecule has 0 bridgehead atoms. The van der Waals surface area contributed by atoms with Crippen molar-refractivity contribution in [2.24, 2.45) is 0 Å². The van der Waals surface area contributed by atoms with Crippen LogP contribution in [0.3, 0.4) is 0 Å². The van der Waals surface area contributed by atoms with Gasteiger partial charge in [0.2, 0.25) is 15.9 Å². The number of carbonyl (C=O) groups excluding carboxylic acids is 3. The number of imide groups is 1. The summed E-state index contributed by atoms with van der Waals surface area (Å²) < 4.78 is 27.2. The van der Waals surface area contributed by atoms with E-state index < -0.39 is 21.6 Å². The second kappa shape index (κ2) is 8.58. The fourth-order valence-corrected chi connectivity index (χ4v) is 6.19. The molecule has 4 rings (SSSR count). The van der Waals surface area contributed by atoms with Crippen molar-refractivity contribution in [1.82, 2.24) is 14.5 Å². The van der Waals surface area contributed by atoms with E-state index in [-0.39, 0.29) is 29.7 Å².